The van der Waals surface area contributed by atoms with Crippen LogP contribution >= 0.6 is 22.9 Å². The number of thiophene rings is 1. The lowest BCUT2D eigenvalue weighted by molar-refractivity contribution is 0.0600. The Hall–Kier alpha value is -1.41. The van der Waals surface area contributed by atoms with E-state index in [9.17, 15) is 13.2 Å². The first-order chi connectivity index (χ1) is 11.4. The van der Waals surface area contributed by atoms with E-state index in [2.05, 4.69) is 4.74 Å². The smallest absolute Gasteiger partial charge is 0.337 e. The topological polar surface area (TPSA) is 63.7 Å². The predicted molar refractivity (Wildman–Crippen MR) is 93.0 cm³/mol. The SMILES string of the molecule is COC(=O)c1ccc(Cl)c(S(=O)(=O)N2CCCC2c2cccs2)c1. The van der Waals surface area contributed by atoms with Crippen LogP contribution in [0.15, 0.2) is 40.6 Å². The molecule has 1 unspecified atom stereocenters. The standard InChI is InChI=1S/C16H16ClNO4S2/c1-22-16(19)11-6-7-12(17)15(10-11)24(20,21)18-8-2-4-13(18)14-5-3-9-23-14/h3,5-7,9-10,13H,2,4,8H2,1H3. The summed E-state index contributed by atoms with van der Waals surface area (Å²) in [6.07, 6.45) is 1.56. The van der Waals surface area contributed by atoms with Crippen molar-refractivity contribution in [2.24, 2.45) is 0 Å². The van der Waals surface area contributed by atoms with Gasteiger partial charge in [-0.25, -0.2) is 13.2 Å². The summed E-state index contributed by atoms with van der Waals surface area (Å²) >= 11 is 7.66. The quantitative estimate of drug-likeness (QED) is 0.752. The lowest BCUT2D eigenvalue weighted by atomic mass is 10.2. The molecule has 0 amide bonds. The molecule has 1 aliphatic heterocycles. The number of rotatable bonds is 4. The molecule has 0 aliphatic carbocycles. The second-order valence-electron chi connectivity index (χ2n) is 5.43. The summed E-state index contributed by atoms with van der Waals surface area (Å²) in [7, 11) is -2.56. The first-order valence-electron chi connectivity index (χ1n) is 7.38. The van der Waals surface area contributed by atoms with Crippen LogP contribution in [0, 0.1) is 0 Å². The van der Waals surface area contributed by atoms with Gasteiger partial charge in [-0.2, -0.15) is 4.31 Å². The average Bonchev–Trinajstić information content (AvgIpc) is 3.25. The number of ether oxygens (including phenoxy) is 1. The molecule has 0 saturated carbocycles. The molecule has 1 atom stereocenters. The molecule has 0 radical (unpaired) electrons. The molecule has 0 N–H and O–H groups in total. The third-order valence-corrected chi connectivity index (χ3v) is 7.38. The van der Waals surface area contributed by atoms with Gasteiger partial charge < -0.3 is 4.74 Å². The zero-order valence-corrected chi connectivity index (χ0v) is 15.3. The zero-order valence-electron chi connectivity index (χ0n) is 12.9. The second kappa shape index (κ2) is 6.84. The van der Waals surface area contributed by atoms with Gasteiger partial charge in [0.15, 0.2) is 0 Å². The van der Waals surface area contributed by atoms with Crippen LogP contribution in [0.1, 0.15) is 34.1 Å². The van der Waals surface area contributed by atoms with Crippen molar-refractivity contribution in [3.63, 3.8) is 0 Å². The van der Waals surface area contributed by atoms with Crippen LogP contribution in [0.5, 0.6) is 0 Å². The summed E-state index contributed by atoms with van der Waals surface area (Å²) in [6.45, 7) is 0.434. The van der Waals surface area contributed by atoms with E-state index in [1.54, 1.807) is 0 Å². The Morgan fingerprint density at radius 3 is 2.83 bits per heavy atom. The molecule has 128 valence electrons. The van der Waals surface area contributed by atoms with E-state index in [-0.39, 0.29) is 21.5 Å². The van der Waals surface area contributed by atoms with Gasteiger partial charge in [-0.3, -0.25) is 0 Å². The molecule has 1 aromatic heterocycles. The Labute approximate surface area is 149 Å². The Bertz CT molecular complexity index is 849. The molecular formula is C16H16ClNO4S2. The van der Waals surface area contributed by atoms with Crippen LogP contribution < -0.4 is 0 Å². The van der Waals surface area contributed by atoms with Crippen LogP contribution in [0.4, 0.5) is 0 Å². The van der Waals surface area contributed by atoms with E-state index in [1.165, 1.54) is 41.0 Å². The summed E-state index contributed by atoms with van der Waals surface area (Å²) in [6, 6.07) is 7.81. The zero-order chi connectivity index (χ0) is 17.3. The van der Waals surface area contributed by atoms with Crippen LogP contribution in [0.25, 0.3) is 0 Å². The van der Waals surface area contributed by atoms with Gasteiger partial charge in [-0.1, -0.05) is 17.7 Å². The minimum Gasteiger partial charge on any atom is -0.465 e. The molecule has 2 heterocycles. The highest BCUT2D eigenvalue weighted by molar-refractivity contribution is 7.89. The lowest BCUT2D eigenvalue weighted by Crippen LogP contribution is -2.30. The average molecular weight is 386 g/mol. The maximum Gasteiger partial charge on any atom is 0.337 e. The van der Waals surface area contributed by atoms with Crippen molar-refractivity contribution in [2.75, 3.05) is 13.7 Å². The molecule has 8 heteroatoms. The number of hydrogen-bond acceptors (Lipinski definition) is 5. The molecule has 0 spiro atoms. The van der Waals surface area contributed by atoms with Gasteiger partial charge in [0.05, 0.1) is 23.7 Å². The number of hydrogen-bond donors (Lipinski definition) is 0. The normalized spacial score (nSPS) is 18.7. The number of benzene rings is 1. The summed E-state index contributed by atoms with van der Waals surface area (Å²) < 4.78 is 32.4. The van der Waals surface area contributed by atoms with Crippen molar-refractivity contribution in [3.8, 4) is 0 Å². The van der Waals surface area contributed by atoms with Gasteiger partial charge in [0.2, 0.25) is 10.0 Å². The molecule has 3 rings (SSSR count). The van der Waals surface area contributed by atoms with Crippen molar-refractivity contribution >= 4 is 38.9 Å². The molecule has 1 aromatic carbocycles. The highest BCUT2D eigenvalue weighted by Crippen LogP contribution is 2.39. The van der Waals surface area contributed by atoms with Crippen molar-refractivity contribution in [2.45, 2.75) is 23.8 Å². The third kappa shape index (κ3) is 3.09. The third-order valence-electron chi connectivity index (χ3n) is 4.01. The summed E-state index contributed by atoms with van der Waals surface area (Å²) in [5.74, 6) is -0.598. The fourth-order valence-electron chi connectivity index (χ4n) is 2.87. The van der Waals surface area contributed by atoms with Crippen molar-refractivity contribution in [1.82, 2.24) is 4.31 Å². The number of sulfonamides is 1. The van der Waals surface area contributed by atoms with Gasteiger partial charge in [-0.05, 0) is 42.5 Å². The first kappa shape index (κ1) is 17.4. The number of methoxy groups -OCH3 is 1. The second-order valence-corrected chi connectivity index (χ2v) is 8.67. The minimum absolute atomic E-state index is 0.0597. The predicted octanol–water partition coefficient (Wildman–Crippen LogP) is 3.71. The maximum absolute atomic E-state index is 13.1. The first-order valence-corrected chi connectivity index (χ1v) is 10.1. The van der Waals surface area contributed by atoms with Crippen LogP contribution in [0.3, 0.4) is 0 Å². The Balaban J connectivity index is 2.03. The molecule has 1 fully saturated rings. The summed E-state index contributed by atoms with van der Waals surface area (Å²) in [5.41, 5.74) is 0.160. The monoisotopic (exact) mass is 385 g/mol. The van der Waals surface area contributed by atoms with E-state index in [1.807, 2.05) is 17.5 Å². The number of carbonyl (C=O) groups is 1. The number of halogens is 1. The van der Waals surface area contributed by atoms with E-state index in [0.29, 0.717) is 6.54 Å². The lowest BCUT2D eigenvalue weighted by Gasteiger charge is -2.24. The van der Waals surface area contributed by atoms with Crippen molar-refractivity contribution in [3.05, 3.63) is 51.2 Å². The maximum atomic E-state index is 13.1. The highest BCUT2D eigenvalue weighted by atomic mass is 35.5. The van der Waals surface area contributed by atoms with E-state index < -0.39 is 16.0 Å². The van der Waals surface area contributed by atoms with Gasteiger partial charge in [0, 0.05) is 11.4 Å². The Kier molecular flexibility index (Phi) is 4.96. The molecule has 2 aromatic rings. The number of nitrogens with zero attached hydrogens (tertiary/aromatic N) is 1. The van der Waals surface area contributed by atoms with E-state index in [4.69, 9.17) is 11.6 Å². The molecule has 1 saturated heterocycles. The van der Waals surface area contributed by atoms with Gasteiger partial charge in [0.1, 0.15) is 4.90 Å². The van der Waals surface area contributed by atoms with Gasteiger partial charge >= 0.3 is 5.97 Å². The van der Waals surface area contributed by atoms with Crippen molar-refractivity contribution in [1.29, 1.82) is 0 Å². The molecule has 24 heavy (non-hydrogen) atoms. The Morgan fingerprint density at radius 1 is 1.38 bits per heavy atom. The van der Waals surface area contributed by atoms with E-state index >= 15 is 0 Å². The fraction of sp³-hybridized carbons (Fsp3) is 0.312. The van der Waals surface area contributed by atoms with Gasteiger partial charge in [0.25, 0.3) is 0 Å². The Morgan fingerprint density at radius 2 is 2.17 bits per heavy atom. The molecule has 1 aliphatic rings. The van der Waals surface area contributed by atoms with Gasteiger partial charge in [-0.15, -0.1) is 11.3 Å². The summed E-state index contributed by atoms with van der Waals surface area (Å²) in [4.78, 5) is 12.7. The molecular weight excluding hydrogens is 370 g/mol. The van der Waals surface area contributed by atoms with Crippen molar-refractivity contribution < 1.29 is 17.9 Å². The minimum atomic E-state index is -3.81. The highest BCUT2D eigenvalue weighted by Gasteiger charge is 2.38. The van der Waals surface area contributed by atoms with Crippen LogP contribution in [-0.4, -0.2) is 32.3 Å². The van der Waals surface area contributed by atoms with Crippen LogP contribution in [-0.2, 0) is 14.8 Å². The molecule has 5 nitrogen and oxygen atoms in total. The van der Waals surface area contributed by atoms with E-state index in [0.717, 1.165) is 17.7 Å². The molecule has 0 bridgehead atoms. The number of esters is 1. The van der Waals surface area contributed by atoms with Crippen LogP contribution in [0.2, 0.25) is 5.02 Å². The number of carbonyl (C=O) groups excluding carboxylic acids is 1. The largest absolute Gasteiger partial charge is 0.465 e. The fourth-order valence-corrected chi connectivity index (χ4v) is 5.98. The summed E-state index contributed by atoms with van der Waals surface area (Å²) in [5, 5.41) is 2.03.